The van der Waals surface area contributed by atoms with Gasteiger partial charge in [-0.1, -0.05) is 23.7 Å². The molecule has 5 heteroatoms. The molecule has 0 aliphatic carbocycles. The molecule has 2 aromatic rings. The molecule has 0 heterocycles. The van der Waals surface area contributed by atoms with Gasteiger partial charge in [-0.3, -0.25) is 4.79 Å². The van der Waals surface area contributed by atoms with Crippen molar-refractivity contribution in [3.05, 3.63) is 58.1 Å². The third kappa shape index (κ3) is 3.67. The molecule has 21 heavy (non-hydrogen) atoms. The Hall–Kier alpha value is -2.20. The summed E-state index contributed by atoms with van der Waals surface area (Å²) in [6.07, 6.45) is 0. The van der Waals surface area contributed by atoms with E-state index in [1.165, 1.54) is 0 Å². The second-order valence-corrected chi connectivity index (χ2v) is 5.13. The number of ether oxygens (including phenoxy) is 1. The van der Waals surface area contributed by atoms with Crippen molar-refractivity contribution in [3.63, 3.8) is 0 Å². The van der Waals surface area contributed by atoms with Crippen molar-refractivity contribution in [3.8, 4) is 5.75 Å². The van der Waals surface area contributed by atoms with E-state index in [4.69, 9.17) is 22.1 Å². The number of hydrogen-bond acceptors (Lipinski definition) is 3. The highest BCUT2D eigenvalue weighted by molar-refractivity contribution is 6.31. The van der Waals surface area contributed by atoms with Crippen LogP contribution in [0.3, 0.4) is 0 Å². The monoisotopic (exact) mass is 304 g/mol. The highest BCUT2D eigenvalue weighted by Crippen LogP contribution is 2.22. The van der Waals surface area contributed by atoms with Crippen LogP contribution in [0.25, 0.3) is 0 Å². The summed E-state index contributed by atoms with van der Waals surface area (Å²) in [4.78, 5) is 12.1. The molecule has 0 radical (unpaired) electrons. The Bertz CT molecular complexity index is 671. The molecule has 0 fully saturated rings. The van der Waals surface area contributed by atoms with Gasteiger partial charge in [-0.25, -0.2) is 0 Å². The van der Waals surface area contributed by atoms with Gasteiger partial charge in [0.25, 0.3) is 5.91 Å². The summed E-state index contributed by atoms with van der Waals surface area (Å²) in [5, 5.41) is 3.41. The number of carbonyl (C=O) groups is 1. The number of benzene rings is 2. The van der Waals surface area contributed by atoms with E-state index < -0.39 is 0 Å². The highest BCUT2D eigenvalue weighted by Gasteiger charge is 2.08. The fraction of sp³-hybridized carbons (Fsp3) is 0.188. The van der Waals surface area contributed by atoms with Gasteiger partial charge in [-0.2, -0.15) is 0 Å². The van der Waals surface area contributed by atoms with Crippen molar-refractivity contribution in [2.75, 3.05) is 12.8 Å². The molecule has 2 rings (SSSR count). The molecular formula is C16H17ClN2O2. The minimum atomic E-state index is -0.175. The fourth-order valence-electron chi connectivity index (χ4n) is 1.91. The normalized spacial score (nSPS) is 10.2. The van der Waals surface area contributed by atoms with Crippen LogP contribution in [0.2, 0.25) is 5.02 Å². The maximum absolute atomic E-state index is 12.1. The van der Waals surface area contributed by atoms with Crippen LogP contribution in [0.4, 0.5) is 5.69 Å². The number of methoxy groups -OCH3 is 1. The van der Waals surface area contributed by atoms with Gasteiger partial charge < -0.3 is 15.8 Å². The van der Waals surface area contributed by atoms with Crippen LogP contribution in [0.1, 0.15) is 21.5 Å². The number of amides is 1. The first kappa shape index (κ1) is 15.2. The number of anilines is 1. The zero-order valence-electron chi connectivity index (χ0n) is 11.9. The standard InChI is InChI=1S/C16H17ClN2O2/c1-10-3-5-12(8-13(10)17)16(20)19-9-11-4-6-15(21-2)14(18)7-11/h3-8H,9,18H2,1-2H3,(H,19,20). The molecule has 110 valence electrons. The minimum absolute atomic E-state index is 0.175. The summed E-state index contributed by atoms with van der Waals surface area (Å²) in [6.45, 7) is 2.28. The molecule has 0 aromatic heterocycles. The van der Waals surface area contributed by atoms with E-state index in [-0.39, 0.29) is 5.91 Å². The predicted octanol–water partition coefficient (Wildman–Crippen LogP) is 3.17. The Morgan fingerprint density at radius 3 is 2.67 bits per heavy atom. The summed E-state index contributed by atoms with van der Waals surface area (Å²) in [5.41, 5.74) is 8.75. The number of rotatable bonds is 4. The topological polar surface area (TPSA) is 64.3 Å². The predicted molar refractivity (Wildman–Crippen MR) is 84.8 cm³/mol. The number of carbonyl (C=O) groups excluding carboxylic acids is 1. The van der Waals surface area contributed by atoms with E-state index in [1.54, 1.807) is 31.4 Å². The summed E-state index contributed by atoms with van der Waals surface area (Å²) < 4.78 is 5.09. The lowest BCUT2D eigenvalue weighted by molar-refractivity contribution is 0.0951. The lowest BCUT2D eigenvalue weighted by atomic mass is 10.1. The molecule has 4 nitrogen and oxygen atoms in total. The van der Waals surface area contributed by atoms with E-state index in [0.717, 1.165) is 11.1 Å². The number of nitrogens with two attached hydrogens (primary N) is 1. The van der Waals surface area contributed by atoms with E-state index in [2.05, 4.69) is 5.32 Å². The van der Waals surface area contributed by atoms with E-state index in [9.17, 15) is 4.79 Å². The number of aryl methyl sites for hydroxylation is 1. The summed E-state index contributed by atoms with van der Waals surface area (Å²) in [6, 6.07) is 10.6. The average molecular weight is 305 g/mol. The van der Waals surface area contributed by atoms with Crippen LogP contribution in [0, 0.1) is 6.92 Å². The smallest absolute Gasteiger partial charge is 0.251 e. The van der Waals surface area contributed by atoms with Crippen molar-refractivity contribution >= 4 is 23.2 Å². The van der Waals surface area contributed by atoms with Gasteiger partial charge in [0.2, 0.25) is 0 Å². The number of nitrogen functional groups attached to an aromatic ring is 1. The third-order valence-corrected chi connectivity index (χ3v) is 3.59. The molecule has 0 saturated heterocycles. The molecule has 0 aliphatic heterocycles. The van der Waals surface area contributed by atoms with Gasteiger partial charge in [-0.15, -0.1) is 0 Å². The lowest BCUT2D eigenvalue weighted by Gasteiger charge is -2.09. The fourth-order valence-corrected chi connectivity index (χ4v) is 2.09. The zero-order chi connectivity index (χ0) is 15.4. The average Bonchev–Trinajstić information content (AvgIpc) is 2.47. The van der Waals surface area contributed by atoms with Crippen LogP contribution in [-0.4, -0.2) is 13.0 Å². The maximum atomic E-state index is 12.1. The van der Waals surface area contributed by atoms with Crippen molar-refractivity contribution in [1.82, 2.24) is 5.32 Å². The Morgan fingerprint density at radius 2 is 2.05 bits per heavy atom. The summed E-state index contributed by atoms with van der Waals surface area (Å²) in [7, 11) is 1.56. The zero-order valence-corrected chi connectivity index (χ0v) is 12.7. The summed E-state index contributed by atoms with van der Waals surface area (Å²) >= 11 is 6.02. The minimum Gasteiger partial charge on any atom is -0.495 e. The maximum Gasteiger partial charge on any atom is 0.251 e. The highest BCUT2D eigenvalue weighted by atomic mass is 35.5. The first-order valence-electron chi connectivity index (χ1n) is 6.48. The van der Waals surface area contributed by atoms with Crippen LogP contribution in [0.15, 0.2) is 36.4 Å². The molecule has 2 aromatic carbocycles. The Kier molecular flexibility index (Phi) is 4.70. The van der Waals surface area contributed by atoms with Crippen molar-refractivity contribution in [1.29, 1.82) is 0 Å². The van der Waals surface area contributed by atoms with Crippen molar-refractivity contribution < 1.29 is 9.53 Å². The van der Waals surface area contributed by atoms with Gasteiger partial charge in [-0.05, 0) is 42.3 Å². The molecule has 1 amide bonds. The van der Waals surface area contributed by atoms with E-state index >= 15 is 0 Å². The third-order valence-electron chi connectivity index (χ3n) is 3.18. The van der Waals surface area contributed by atoms with Gasteiger partial charge >= 0.3 is 0 Å². The number of hydrogen-bond donors (Lipinski definition) is 2. The second kappa shape index (κ2) is 6.50. The SMILES string of the molecule is COc1ccc(CNC(=O)c2ccc(C)c(Cl)c2)cc1N. The summed E-state index contributed by atoms with van der Waals surface area (Å²) in [5.74, 6) is 0.446. The van der Waals surface area contributed by atoms with E-state index in [1.807, 2.05) is 19.1 Å². The van der Waals surface area contributed by atoms with E-state index in [0.29, 0.717) is 28.6 Å². The molecule has 0 spiro atoms. The largest absolute Gasteiger partial charge is 0.495 e. The second-order valence-electron chi connectivity index (χ2n) is 4.72. The van der Waals surface area contributed by atoms with Crippen LogP contribution < -0.4 is 15.8 Å². The molecular weight excluding hydrogens is 288 g/mol. The first-order valence-corrected chi connectivity index (χ1v) is 6.86. The quantitative estimate of drug-likeness (QED) is 0.853. The molecule has 0 bridgehead atoms. The Balaban J connectivity index is 2.03. The lowest BCUT2D eigenvalue weighted by Crippen LogP contribution is -2.22. The van der Waals surface area contributed by atoms with Crippen LogP contribution in [0.5, 0.6) is 5.75 Å². The molecule has 0 unspecified atom stereocenters. The van der Waals surface area contributed by atoms with Gasteiger partial charge in [0.15, 0.2) is 0 Å². The number of halogens is 1. The van der Waals surface area contributed by atoms with Gasteiger partial charge in [0, 0.05) is 17.1 Å². The van der Waals surface area contributed by atoms with Crippen LogP contribution in [-0.2, 0) is 6.54 Å². The molecule has 0 aliphatic rings. The molecule has 0 saturated carbocycles. The molecule has 3 N–H and O–H groups in total. The Morgan fingerprint density at radius 1 is 1.29 bits per heavy atom. The van der Waals surface area contributed by atoms with Crippen molar-refractivity contribution in [2.24, 2.45) is 0 Å². The Labute approximate surface area is 128 Å². The van der Waals surface area contributed by atoms with Crippen molar-refractivity contribution in [2.45, 2.75) is 13.5 Å². The van der Waals surface area contributed by atoms with Gasteiger partial charge in [0.1, 0.15) is 5.75 Å². The van der Waals surface area contributed by atoms with Crippen LogP contribution >= 0.6 is 11.6 Å². The number of nitrogens with one attached hydrogen (secondary N) is 1. The molecule has 0 atom stereocenters. The first-order chi connectivity index (χ1) is 10.0. The van der Waals surface area contributed by atoms with Gasteiger partial charge in [0.05, 0.1) is 12.8 Å².